The average Bonchev–Trinajstić information content (AvgIpc) is 3.02. The van der Waals surface area contributed by atoms with Gasteiger partial charge in [-0.15, -0.1) is 0 Å². The number of imidazole rings is 1. The number of likely N-dealkylation sites (tertiary alicyclic amines) is 1. The van der Waals surface area contributed by atoms with E-state index in [0.717, 1.165) is 29.9 Å². The number of H-pyrrole nitrogens is 1. The number of aromatic amines is 1. The summed E-state index contributed by atoms with van der Waals surface area (Å²) in [6, 6.07) is 7.95. The Kier molecular flexibility index (Phi) is 5.86. The molecule has 5 heteroatoms. The van der Waals surface area contributed by atoms with Crippen molar-refractivity contribution < 1.29 is 4.79 Å². The van der Waals surface area contributed by atoms with Crippen LogP contribution >= 0.6 is 0 Å². The molecule has 2 aromatic rings. The highest BCUT2D eigenvalue weighted by atomic mass is 16.1. The zero-order chi connectivity index (χ0) is 16.8. The van der Waals surface area contributed by atoms with Gasteiger partial charge in [0.15, 0.2) is 0 Å². The standard InChI is InChI=1S/C19H28N4O/c1-15(14-23-11-5-2-6-12-23)13-20-19(24)10-9-18-21-16-7-3-4-8-17(16)22-18/h3-4,7-8,15H,2,5-6,9-14H2,1H3,(H,20,24)(H,21,22). The number of fused-ring (bicyclic) bond motifs is 1. The topological polar surface area (TPSA) is 61.0 Å². The number of aromatic nitrogens is 2. The lowest BCUT2D eigenvalue weighted by Crippen LogP contribution is -2.38. The van der Waals surface area contributed by atoms with E-state index in [1.165, 1.54) is 32.4 Å². The van der Waals surface area contributed by atoms with Gasteiger partial charge in [0.05, 0.1) is 11.0 Å². The molecule has 3 rings (SSSR count). The average molecular weight is 328 g/mol. The minimum Gasteiger partial charge on any atom is -0.356 e. The molecule has 1 aromatic carbocycles. The number of nitrogens with zero attached hydrogens (tertiary/aromatic N) is 2. The second-order valence-electron chi connectivity index (χ2n) is 6.97. The van der Waals surface area contributed by atoms with Gasteiger partial charge in [0.2, 0.25) is 5.91 Å². The lowest BCUT2D eigenvalue weighted by molar-refractivity contribution is -0.121. The zero-order valence-corrected chi connectivity index (χ0v) is 14.6. The third-order valence-corrected chi connectivity index (χ3v) is 4.69. The number of piperidine rings is 1. The number of hydrogen-bond donors (Lipinski definition) is 2. The Labute approximate surface area is 143 Å². The van der Waals surface area contributed by atoms with Gasteiger partial charge in [-0.1, -0.05) is 25.5 Å². The Morgan fingerprint density at radius 2 is 2.08 bits per heavy atom. The number of para-hydroxylation sites is 2. The van der Waals surface area contributed by atoms with Crippen molar-refractivity contribution in [2.45, 2.75) is 39.0 Å². The molecule has 1 unspecified atom stereocenters. The Morgan fingerprint density at radius 1 is 1.29 bits per heavy atom. The highest BCUT2D eigenvalue weighted by Crippen LogP contribution is 2.12. The number of amides is 1. The second kappa shape index (κ2) is 8.29. The van der Waals surface area contributed by atoms with Crippen LogP contribution < -0.4 is 5.32 Å². The first-order valence-corrected chi connectivity index (χ1v) is 9.13. The number of benzene rings is 1. The first-order chi connectivity index (χ1) is 11.7. The maximum atomic E-state index is 12.1. The molecule has 1 aliphatic heterocycles. The molecule has 0 radical (unpaired) electrons. The first kappa shape index (κ1) is 17.0. The molecule has 2 heterocycles. The minimum absolute atomic E-state index is 0.112. The van der Waals surface area contributed by atoms with Crippen LogP contribution in [-0.4, -0.2) is 47.0 Å². The third kappa shape index (κ3) is 4.81. The van der Waals surface area contributed by atoms with E-state index in [1.807, 2.05) is 24.3 Å². The number of carbonyl (C=O) groups excluding carboxylic acids is 1. The summed E-state index contributed by atoms with van der Waals surface area (Å²) in [5.41, 5.74) is 1.99. The molecular formula is C19H28N4O. The van der Waals surface area contributed by atoms with Gasteiger partial charge >= 0.3 is 0 Å². The summed E-state index contributed by atoms with van der Waals surface area (Å²) in [5.74, 6) is 1.49. The normalized spacial score (nSPS) is 17.0. The Morgan fingerprint density at radius 3 is 2.88 bits per heavy atom. The van der Waals surface area contributed by atoms with Gasteiger partial charge in [0.25, 0.3) is 0 Å². The smallest absolute Gasteiger partial charge is 0.220 e. The summed E-state index contributed by atoms with van der Waals surface area (Å²) >= 11 is 0. The van der Waals surface area contributed by atoms with Crippen molar-refractivity contribution in [1.29, 1.82) is 0 Å². The van der Waals surface area contributed by atoms with Crippen molar-refractivity contribution in [2.75, 3.05) is 26.2 Å². The van der Waals surface area contributed by atoms with E-state index in [2.05, 4.69) is 27.1 Å². The monoisotopic (exact) mass is 328 g/mol. The van der Waals surface area contributed by atoms with E-state index in [0.29, 0.717) is 18.8 Å². The zero-order valence-electron chi connectivity index (χ0n) is 14.6. The summed E-state index contributed by atoms with van der Waals surface area (Å²) in [7, 11) is 0. The van der Waals surface area contributed by atoms with Gasteiger partial charge in [0.1, 0.15) is 5.82 Å². The molecule has 1 atom stereocenters. The fourth-order valence-electron chi connectivity index (χ4n) is 3.38. The summed E-state index contributed by atoms with van der Waals surface area (Å²) < 4.78 is 0. The Bertz CT molecular complexity index is 627. The van der Waals surface area contributed by atoms with Crippen LogP contribution in [0.4, 0.5) is 0 Å². The molecule has 130 valence electrons. The van der Waals surface area contributed by atoms with Crippen LogP contribution in [0.2, 0.25) is 0 Å². The lowest BCUT2D eigenvalue weighted by atomic mass is 10.1. The maximum Gasteiger partial charge on any atom is 0.220 e. The van der Waals surface area contributed by atoms with Crippen molar-refractivity contribution in [3.05, 3.63) is 30.1 Å². The molecule has 0 spiro atoms. The lowest BCUT2D eigenvalue weighted by Gasteiger charge is -2.29. The van der Waals surface area contributed by atoms with Crippen molar-refractivity contribution in [1.82, 2.24) is 20.2 Å². The van der Waals surface area contributed by atoms with Gasteiger partial charge in [0, 0.05) is 25.9 Å². The quantitative estimate of drug-likeness (QED) is 0.821. The number of aryl methyl sites for hydroxylation is 1. The number of hydrogen-bond acceptors (Lipinski definition) is 3. The van der Waals surface area contributed by atoms with Crippen LogP contribution in [0.1, 0.15) is 38.4 Å². The maximum absolute atomic E-state index is 12.1. The molecule has 0 bridgehead atoms. The molecule has 5 nitrogen and oxygen atoms in total. The first-order valence-electron chi connectivity index (χ1n) is 9.13. The van der Waals surface area contributed by atoms with Crippen LogP contribution in [0.5, 0.6) is 0 Å². The van der Waals surface area contributed by atoms with Crippen LogP contribution in [0.25, 0.3) is 11.0 Å². The predicted octanol–water partition coefficient (Wildman–Crippen LogP) is 2.73. The molecule has 1 aliphatic rings. The van der Waals surface area contributed by atoms with E-state index in [1.54, 1.807) is 0 Å². The van der Waals surface area contributed by atoms with Crippen LogP contribution in [-0.2, 0) is 11.2 Å². The predicted molar refractivity (Wildman–Crippen MR) is 96.9 cm³/mol. The Balaban J connectivity index is 1.37. The van der Waals surface area contributed by atoms with Gasteiger partial charge in [-0.3, -0.25) is 4.79 Å². The minimum atomic E-state index is 0.112. The van der Waals surface area contributed by atoms with Crippen LogP contribution in [0.15, 0.2) is 24.3 Å². The second-order valence-corrected chi connectivity index (χ2v) is 6.97. The fourth-order valence-corrected chi connectivity index (χ4v) is 3.38. The van der Waals surface area contributed by atoms with Gasteiger partial charge in [-0.25, -0.2) is 4.98 Å². The SMILES string of the molecule is CC(CNC(=O)CCc1nc2ccccc2[nH]1)CN1CCCCC1. The fraction of sp³-hybridized carbons (Fsp3) is 0.579. The van der Waals surface area contributed by atoms with Crippen molar-refractivity contribution >= 4 is 16.9 Å². The van der Waals surface area contributed by atoms with Crippen LogP contribution in [0.3, 0.4) is 0 Å². The van der Waals surface area contributed by atoms with E-state index < -0.39 is 0 Å². The van der Waals surface area contributed by atoms with Gasteiger partial charge in [-0.05, 0) is 44.0 Å². The number of carbonyl (C=O) groups is 1. The Hall–Kier alpha value is -1.88. The highest BCUT2D eigenvalue weighted by molar-refractivity contribution is 5.77. The van der Waals surface area contributed by atoms with E-state index in [9.17, 15) is 4.79 Å². The number of nitrogens with one attached hydrogen (secondary N) is 2. The highest BCUT2D eigenvalue weighted by Gasteiger charge is 2.14. The van der Waals surface area contributed by atoms with Gasteiger partial charge in [-0.2, -0.15) is 0 Å². The molecule has 1 aromatic heterocycles. The molecule has 24 heavy (non-hydrogen) atoms. The summed E-state index contributed by atoms with van der Waals surface area (Å²) in [6.07, 6.45) is 5.13. The number of rotatable bonds is 7. The van der Waals surface area contributed by atoms with Crippen molar-refractivity contribution in [3.8, 4) is 0 Å². The summed E-state index contributed by atoms with van der Waals surface area (Å²) in [6.45, 7) is 6.49. The molecule has 1 amide bonds. The molecule has 1 fully saturated rings. The summed E-state index contributed by atoms with van der Waals surface area (Å²) in [5, 5.41) is 3.07. The third-order valence-electron chi connectivity index (χ3n) is 4.69. The molecule has 0 saturated carbocycles. The largest absolute Gasteiger partial charge is 0.356 e. The van der Waals surface area contributed by atoms with Crippen molar-refractivity contribution in [3.63, 3.8) is 0 Å². The van der Waals surface area contributed by atoms with Gasteiger partial charge < -0.3 is 15.2 Å². The summed E-state index contributed by atoms with van der Waals surface area (Å²) in [4.78, 5) is 22.4. The molecular weight excluding hydrogens is 300 g/mol. The molecule has 1 saturated heterocycles. The molecule has 2 N–H and O–H groups in total. The van der Waals surface area contributed by atoms with E-state index >= 15 is 0 Å². The molecule has 0 aliphatic carbocycles. The van der Waals surface area contributed by atoms with E-state index in [4.69, 9.17) is 0 Å². The van der Waals surface area contributed by atoms with Crippen molar-refractivity contribution in [2.24, 2.45) is 5.92 Å². The van der Waals surface area contributed by atoms with E-state index in [-0.39, 0.29) is 5.91 Å². The van der Waals surface area contributed by atoms with Crippen LogP contribution in [0, 0.1) is 5.92 Å².